The number of nitrogens with zero attached hydrogens (tertiary/aromatic N) is 3. The molecule has 6 heteroatoms. The standard InChI is InChI=1S/C15H19BrN4O/c1-3-21-10-14-18-13(17)8-15(19-14)20(2)9-11-4-6-12(16)7-5-11/h4-8H,3,9-10H2,1-2H3,(H2,17,18,19). The predicted molar refractivity (Wildman–Crippen MR) is 88.0 cm³/mol. The number of nitrogen functional groups attached to an aromatic ring is 1. The van der Waals surface area contributed by atoms with Gasteiger partial charge >= 0.3 is 0 Å². The zero-order valence-electron chi connectivity index (χ0n) is 12.2. The van der Waals surface area contributed by atoms with E-state index in [-0.39, 0.29) is 0 Å². The fraction of sp³-hybridized carbons (Fsp3) is 0.333. The van der Waals surface area contributed by atoms with Crippen LogP contribution in [0.15, 0.2) is 34.8 Å². The van der Waals surface area contributed by atoms with E-state index in [0.717, 1.165) is 16.8 Å². The molecule has 5 nitrogen and oxygen atoms in total. The lowest BCUT2D eigenvalue weighted by Crippen LogP contribution is -2.19. The van der Waals surface area contributed by atoms with Crippen molar-refractivity contribution in [1.29, 1.82) is 0 Å². The lowest BCUT2D eigenvalue weighted by atomic mass is 10.2. The van der Waals surface area contributed by atoms with Crippen molar-refractivity contribution in [3.05, 3.63) is 46.2 Å². The van der Waals surface area contributed by atoms with Crippen LogP contribution in [-0.2, 0) is 17.9 Å². The van der Waals surface area contributed by atoms with Gasteiger partial charge < -0.3 is 15.4 Å². The molecule has 112 valence electrons. The Morgan fingerprint density at radius 1 is 1.24 bits per heavy atom. The SMILES string of the molecule is CCOCc1nc(N)cc(N(C)Cc2ccc(Br)cc2)n1. The normalized spacial score (nSPS) is 10.6. The fourth-order valence-corrected chi connectivity index (χ4v) is 2.17. The Bertz CT molecular complexity index is 589. The van der Waals surface area contributed by atoms with Crippen LogP contribution in [0, 0.1) is 0 Å². The molecule has 0 aliphatic heterocycles. The lowest BCUT2D eigenvalue weighted by Gasteiger charge is -2.19. The van der Waals surface area contributed by atoms with Gasteiger partial charge in [0.2, 0.25) is 0 Å². The zero-order valence-corrected chi connectivity index (χ0v) is 13.8. The first kappa shape index (κ1) is 15.7. The van der Waals surface area contributed by atoms with E-state index >= 15 is 0 Å². The second kappa shape index (κ2) is 7.38. The number of halogens is 1. The van der Waals surface area contributed by atoms with Crippen LogP contribution >= 0.6 is 15.9 Å². The van der Waals surface area contributed by atoms with Crippen molar-refractivity contribution in [3.8, 4) is 0 Å². The van der Waals surface area contributed by atoms with Crippen LogP contribution in [0.25, 0.3) is 0 Å². The third-order valence-corrected chi connectivity index (χ3v) is 3.47. The van der Waals surface area contributed by atoms with Gasteiger partial charge in [0.05, 0.1) is 0 Å². The van der Waals surface area contributed by atoms with Gasteiger partial charge in [-0.05, 0) is 24.6 Å². The van der Waals surface area contributed by atoms with Crippen LogP contribution in [0.5, 0.6) is 0 Å². The number of rotatable bonds is 6. The second-order valence-corrected chi connectivity index (χ2v) is 5.60. The molecule has 0 spiro atoms. The molecule has 1 heterocycles. The van der Waals surface area contributed by atoms with Crippen molar-refractivity contribution in [3.63, 3.8) is 0 Å². The van der Waals surface area contributed by atoms with Gasteiger partial charge in [0.1, 0.15) is 18.2 Å². The van der Waals surface area contributed by atoms with Crippen molar-refractivity contribution in [2.75, 3.05) is 24.3 Å². The molecule has 1 aromatic carbocycles. The van der Waals surface area contributed by atoms with E-state index in [1.807, 2.05) is 31.0 Å². The minimum atomic E-state index is 0.376. The van der Waals surface area contributed by atoms with Crippen LogP contribution in [0.2, 0.25) is 0 Å². The first-order valence-electron chi connectivity index (χ1n) is 6.75. The summed E-state index contributed by atoms with van der Waals surface area (Å²) in [4.78, 5) is 10.7. The summed E-state index contributed by atoms with van der Waals surface area (Å²) >= 11 is 3.44. The fourth-order valence-electron chi connectivity index (χ4n) is 1.90. The molecule has 0 unspecified atom stereocenters. The molecule has 2 N–H and O–H groups in total. The molecule has 0 fully saturated rings. The van der Waals surface area contributed by atoms with E-state index in [2.05, 4.69) is 38.0 Å². The van der Waals surface area contributed by atoms with Crippen molar-refractivity contribution in [2.24, 2.45) is 0 Å². The van der Waals surface area contributed by atoms with E-state index in [4.69, 9.17) is 10.5 Å². The Kier molecular flexibility index (Phi) is 5.52. The number of hydrogen-bond donors (Lipinski definition) is 1. The number of ether oxygens (including phenoxy) is 1. The molecule has 1 aromatic heterocycles. The number of hydrogen-bond acceptors (Lipinski definition) is 5. The van der Waals surface area contributed by atoms with E-state index < -0.39 is 0 Å². The quantitative estimate of drug-likeness (QED) is 0.867. The summed E-state index contributed by atoms with van der Waals surface area (Å²) in [5.74, 6) is 1.85. The van der Waals surface area contributed by atoms with Crippen LogP contribution in [0.4, 0.5) is 11.6 Å². The molecule has 0 aliphatic carbocycles. The molecule has 0 aliphatic rings. The minimum absolute atomic E-state index is 0.376. The van der Waals surface area contributed by atoms with Crippen LogP contribution < -0.4 is 10.6 Å². The smallest absolute Gasteiger partial charge is 0.158 e. The molecule has 0 saturated carbocycles. The minimum Gasteiger partial charge on any atom is -0.384 e. The molecule has 0 amide bonds. The summed E-state index contributed by atoms with van der Waals surface area (Å²) in [6.45, 7) is 3.69. The molecule has 21 heavy (non-hydrogen) atoms. The molecule has 2 rings (SSSR count). The lowest BCUT2D eigenvalue weighted by molar-refractivity contribution is 0.128. The summed E-state index contributed by atoms with van der Waals surface area (Å²) in [5, 5.41) is 0. The maximum atomic E-state index is 5.84. The second-order valence-electron chi connectivity index (χ2n) is 4.69. The van der Waals surface area contributed by atoms with Gasteiger partial charge in [-0.3, -0.25) is 0 Å². The highest BCUT2D eigenvalue weighted by Gasteiger charge is 2.08. The summed E-state index contributed by atoms with van der Waals surface area (Å²) in [5.41, 5.74) is 7.04. The first-order valence-corrected chi connectivity index (χ1v) is 7.54. The maximum Gasteiger partial charge on any atom is 0.158 e. The van der Waals surface area contributed by atoms with Gasteiger partial charge in [0.25, 0.3) is 0 Å². The van der Waals surface area contributed by atoms with Gasteiger partial charge in [-0.1, -0.05) is 28.1 Å². The summed E-state index contributed by atoms with van der Waals surface area (Å²) in [7, 11) is 1.98. The van der Waals surface area contributed by atoms with E-state index in [9.17, 15) is 0 Å². The largest absolute Gasteiger partial charge is 0.384 e. The van der Waals surface area contributed by atoms with E-state index in [0.29, 0.717) is 24.9 Å². The molecule has 0 bridgehead atoms. The highest BCUT2D eigenvalue weighted by molar-refractivity contribution is 9.10. The summed E-state index contributed by atoms with van der Waals surface area (Å²) < 4.78 is 6.41. The summed E-state index contributed by atoms with van der Waals surface area (Å²) in [6, 6.07) is 9.98. The molecule has 0 saturated heterocycles. The van der Waals surface area contributed by atoms with Crippen LogP contribution in [0.1, 0.15) is 18.3 Å². The third-order valence-electron chi connectivity index (χ3n) is 2.94. The highest BCUT2D eigenvalue weighted by Crippen LogP contribution is 2.17. The topological polar surface area (TPSA) is 64.3 Å². The Morgan fingerprint density at radius 2 is 1.95 bits per heavy atom. The molecular formula is C15H19BrN4O. The van der Waals surface area contributed by atoms with E-state index in [1.54, 1.807) is 6.07 Å². The molecular weight excluding hydrogens is 332 g/mol. The average molecular weight is 351 g/mol. The third kappa shape index (κ3) is 4.68. The first-order chi connectivity index (χ1) is 10.1. The Labute approximate surface area is 133 Å². The van der Waals surface area contributed by atoms with Gasteiger partial charge in [-0.2, -0.15) is 0 Å². The predicted octanol–water partition coefficient (Wildman–Crippen LogP) is 2.99. The molecule has 0 radical (unpaired) electrons. The number of aromatic nitrogens is 2. The van der Waals surface area contributed by atoms with E-state index in [1.165, 1.54) is 5.56 Å². The number of anilines is 2. The Balaban J connectivity index is 2.12. The molecule has 0 atom stereocenters. The molecule has 2 aromatic rings. The number of nitrogens with two attached hydrogens (primary N) is 1. The maximum absolute atomic E-state index is 5.84. The van der Waals surface area contributed by atoms with Crippen molar-refractivity contribution >= 4 is 27.6 Å². The Hall–Kier alpha value is -1.66. The van der Waals surface area contributed by atoms with Crippen molar-refractivity contribution in [1.82, 2.24) is 9.97 Å². The summed E-state index contributed by atoms with van der Waals surface area (Å²) in [6.07, 6.45) is 0. The monoisotopic (exact) mass is 350 g/mol. The average Bonchev–Trinajstić information content (AvgIpc) is 2.47. The van der Waals surface area contributed by atoms with Crippen LogP contribution in [-0.4, -0.2) is 23.6 Å². The zero-order chi connectivity index (χ0) is 15.2. The van der Waals surface area contributed by atoms with Gasteiger partial charge in [0.15, 0.2) is 5.82 Å². The van der Waals surface area contributed by atoms with Crippen molar-refractivity contribution < 1.29 is 4.74 Å². The van der Waals surface area contributed by atoms with Gasteiger partial charge in [-0.15, -0.1) is 0 Å². The van der Waals surface area contributed by atoms with Gasteiger partial charge in [-0.25, -0.2) is 9.97 Å². The van der Waals surface area contributed by atoms with Crippen molar-refractivity contribution in [2.45, 2.75) is 20.1 Å². The number of benzene rings is 1. The van der Waals surface area contributed by atoms with Gasteiger partial charge in [0, 0.05) is 30.7 Å². The highest BCUT2D eigenvalue weighted by atomic mass is 79.9. The Morgan fingerprint density at radius 3 is 2.62 bits per heavy atom. The van der Waals surface area contributed by atoms with Crippen LogP contribution in [0.3, 0.4) is 0 Å².